The van der Waals surface area contributed by atoms with Crippen LogP contribution >= 0.6 is 11.8 Å². The predicted octanol–water partition coefficient (Wildman–Crippen LogP) is 3.29. The van der Waals surface area contributed by atoms with E-state index in [4.69, 9.17) is 9.97 Å². The summed E-state index contributed by atoms with van der Waals surface area (Å²) >= 11 is 1.51. The third-order valence-corrected chi connectivity index (χ3v) is 5.94. The zero-order valence-corrected chi connectivity index (χ0v) is 18.9. The summed E-state index contributed by atoms with van der Waals surface area (Å²) in [7, 11) is 2.14. The van der Waals surface area contributed by atoms with Crippen molar-refractivity contribution < 1.29 is 4.79 Å². The first-order valence-corrected chi connectivity index (χ1v) is 11.1. The Labute approximate surface area is 186 Å². The second-order valence-corrected chi connectivity index (χ2v) is 8.91. The Morgan fingerprint density at radius 3 is 2.48 bits per heavy atom. The fourth-order valence-corrected chi connectivity index (χ4v) is 4.17. The first-order valence-electron chi connectivity index (χ1n) is 10.3. The van der Waals surface area contributed by atoms with Crippen LogP contribution in [0.2, 0.25) is 0 Å². The minimum absolute atomic E-state index is 0.160. The van der Waals surface area contributed by atoms with E-state index in [0.717, 1.165) is 54.0 Å². The van der Waals surface area contributed by atoms with Gasteiger partial charge in [0.05, 0.1) is 0 Å². The minimum Gasteiger partial charge on any atom is -0.354 e. The Morgan fingerprint density at radius 2 is 1.84 bits per heavy atom. The highest BCUT2D eigenvalue weighted by atomic mass is 32.2. The van der Waals surface area contributed by atoms with Crippen molar-refractivity contribution in [3.63, 3.8) is 0 Å². The molecule has 0 amide bonds. The Bertz CT molecular complexity index is 1040. The van der Waals surface area contributed by atoms with E-state index < -0.39 is 0 Å². The number of benzene rings is 1. The van der Waals surface area contributed by atoms with Crippen molar-refractivity contribution in [2.45, 2.75) is 30.3 Å². The maximum atomic E-state index is 11.3. The summed E-state index contributed by atoms with van der Waals surface area (Å²) in [5.74, 6) is 2.51. The number of aryl methyl sites for hydroxylation is 1. The van der Waals surface area contributed by atoms with Crippen LogP contribution in [0, 0.1) is 6.92 Å². The second kappa shape index (κ2) is 9.49. The molecule has 4 rings (SSSR count). The Morgan fingerprint density at radius 1 is 1.10 bits per heavy atom. The lowest BCUT2D eigenvalue weighted by atomic mass is 10.1. The molecule has 1 fully saturated rings. The number of hydrogen-bond donors (Lipinski definition) is 2. The molecule has 0 spiro atoms. The number of aromatic nitrogens is 4. The number of ketones is 1. The summed E-state index contributed by atoms with van der Waals surface area (Å²) in [4.78, 5) is 26.5. The molecule has 0 saturated carbocycles. The van der Waals surface area contributed by atoms with Gasteiger partial charge in [0, 0.05) is 55.3 Å². The Hall–Kier alpha value is -2.91. The molecule has 0 bridgehead atoms. The van der Waals surface area contributed by atoms with E-state index in [1.807, 2.05) is 43.3 Å². The molecule has 0 radical (unpaired) electrons. The number of nitrogens with one attached hydrogen (secondary N) is 2. The van der Waals surface area contributed by atoms with E-state index >= 15 is 0 Å². The lowest BCUT2D eigenvalue weighted by Gasteiger charge is -2.33. The van der Waals surface area contributed by atoms with E-state index in [9.17, 15) is 4.79 Å². The van der Waals surface area contributed by atoms with Gasteiger partial charge in [0.15, 0.2) is 11.0 Å². The first kappa shape index (κ1) is 21.3. The average Bonchev–Trinajstić information content (AvgIpc) is 3.14. The van der Waals surface area contributed by atoms with Crippen molar-refractivity contribution in [3.8, 4) is 0 Å². The number of anilines is 3. The Kier molecular flexibility index (Phi) is 6.53. The van der Waals surface area contributed by atoms with E-state index in [1.54, 1.807) is 6.92 Å². The van der Waals surface area contributed by atoms with Gasteiger partial charge < -0.3 is 15.1 Å². The lowest BCUT2D eigenvalue weighted by molar-refractivity contribution is -0.116. The van der Waals surface area contributed by atoms with Crippen LogP contribution in [0.4, 0.5) is 17.5 Å². The van der Waals surface area contributed by atoms with E-state index in [-0.39, 0.29) is 5.78 Å². The van der Waals surface area contributed by atoms with E-state index in [2.05, 4.69) is 32.4 Å². The molecule has 0 atom stereocenters. The molecule has 162 valence electrons. The number of H-pyrrole nitrogens is 1. The smallest absolute Gasteiger partial charge is 0.196 e. The van der Waals surface area contributed by atoms with Gasteiger partial charge in [-0.15, -0.1) is 0 Å². The number of likely N-dealkylation sites (N-methyl/N-ethyl adjacent to an activating group) is 1. The minimum atomic E-state index is 0.160. The van der Waals surface area contributed by atoms with Crippen molar-refractivity contribution in [1.82, 2.24) is 25.1 Å². The number of hydrogen-bond acceptors (Lipinski definition) is 8. The summed E-state index contributed by atoms with van der Waals surface area (Å²) < 4.78 is 0. The van der Waals surface area contributed by atoms with Crippen LogP contribution in [0.25, 0.3) is 0 Å². The molecule has 2 N–H and O–H groups in total. The molecule has 0 aliphatic carbocycles. The van der Waals surface area contributed by atoms with Gasteiger partial charge in [-0.25, -0.2) is 9.97 Å². The number of piperazine rings is 1. The monoisotopic (exact) mass is 437 g/mol. The second-order valence-electron chi connectivity index (χ2n) is 7.87. The zero-order valence-electron chi connectivity index (χ0n) is 18.1. The van der Waals surface area contributed by atoms with Gasteiger partial charge in [0.1, 0.15) is 17.4 Å². The van der Waals surface area contributed by atoms with Crippen molar-refractivity contribution in [3.05, 3.63) is 47.7 Å². The van der Waals surface area contributed by atoms with Gasteiger partial charge in [-0.1, -0.05) is 12.1 Å². The van der Waals surface area contributed by atoms with Gasteiger partial charge in [0.25, 0.3) is 0 Å². The molecule has 1 saturated heterocycles. The van der Waals surface area contributed by atoms with Gasteiger partial charge in [0.2, 0.25) is 0 Å². The number of carbonyl (C=O) groups excluding carboxylic acids is 1. The highest BCUT2D eigenvalue weighted by molar-refractivity contribution is 7.99. The van der Waals surface area contributed by atoms with Gasteiger partial charge >= 0.3 is 0 Å². The average molecular weight is 438 g/mol. The number of aromatic amines is 1. The number of rotatable bonds is 7. The molecule has 1 aliphatic heterocycles. The number of carbonyl (C=O) groups is 1. The molecular formula is C22H27N7OS. The SMILES string of the molecule is CC(=O)Cc1ccc(Sc2nc(Nc3cc(C)[nH]n3)cc(N3CCN(C)CC3)n2)cc1. The molecule has 9 heteroatoms. The van der Waals surface area contributed by atoms with E-state index in [0.29, 0.717) is 17.4 Å². The van der Waals surface area contributed by atoms with Gasteiger partial charge in [-0.05, 0) is 50.4 Å². The molecule has 31 heavy (non-hydrogen) atoms. The molecule has 1 aliphatic rings. The zero-order chi connectivity index (χ0) is 21.8. The third kappa shape index (κ3) is 5.83. The van der Waals surface area contributed by atoms with Crippen molar-refractivity contribution in [2.75, 3.05) is 43.4 Å². The summed E-state index contributed by atoms with van der Waals surface area (Å²) in [6, 6.07) is 11.9. The summed E-state index contributed by atoms with van der Waals surface area (Å²) in [6.07, 6.45) is 0.456. The number of nitrogens with zero attached hydrogens (tertiary/aromatic N) is 5. The van der Waals surface area contributed by atoms with Crippen LogP contribution in [0.15, 0.2) is 46.5 Å². The molecule has 1 aromatic carbocycles. The molecule has 2 aromatic heterocycles. The highest BCUT2D eigenvalue weighted by Crippen LogP contribution is 2.29. The van der Waals surface area contributed by atoms with Crippen LogP contribution < -0.4 is 10.2 Å². The molecular weight excluding hydrogens is 410 g/mol. The quantitative estimate of drug-likeness (QED) is 0.544. The van der Waals surface area contributed by atoms with Crippen LogP contribution in [0.5, 0.6) is 0 Å². The van der Waals surface area contributed by atoms with Crippen LogP contribution in [0.3, 0.4) is 0 Å². The van der Waals surface area contributed by atoms with Crippen molar-refractivity contribution in [2.24, 2.45) is 0 Å². The summed E-state index contributed by atoms with van der Waals surface area (Å²) in [5.41, 5.74) is 2.00. The number of Topliss-reactive ketones (excluding diaryl/α,β-unsaturated/α-hetero) is 1. The normalized spacial score (nSPS) is 14.6. The van der Waals surface area contributed by atoms with Crippen molar-refractivity contribution >= 4 is 35.0 Å². The first-order chi connectivity index (χ1) is 14.9. The van der Waals surface area contributed by atoms with Gasteiger partial charge in [-0.2, -0.15) is 5.10 Å². The Balaban J connectivity index is 1.58. The van der Waals surface area contributed by atoms with Crippen LogP contribution in [0.1, 0.15) is 18.2 Å². The van der Waals surface area contributed by atoms with Gasteiger partial charge in [-0.3, -0.25) is 9.89 Å². The highest BCUT2D eigenvalue weighted by Gasteiger charge is 2.18. The summed E-state index contributed by atoms with van der Waals surface area (Å²) in [5, 5.41) is 11.2. The maximum Gasteiger partial charge on any atom is 0.196 e. The molecule has 0 unspecified atom stereocenters. The topological polar surface area (TPSA) is 90.0 Å². The largest absolute Gasteiger partial charge is 0.354 e. The standard InChI is InChI=1S/C22H27N7OS/c1-15-12-20(27-26-15)23-19-14-21(29-10-8-28(3)9-11-29)25-22(24-19)31-18-6-4-17(5-7-18)13-16(2)30/h4-7,12,14H,8-11,13H2,1-3H3,(H2,23,24,25,26,27). The summed E-state index contributed by atoms with van der Waals surface area (Å²) in [6.45, 7) is 7.44. The lowest BCUT2D eigenvalue weighted by Crippen LogP contribution is -2.44. The van der Waals surface area contributed by atoms with Crippen LogP contribution in [-0.2, 0) is 11.2 Å². The van der Waals surface area contributed by atoms with Crippen LogP contribution in [-0.4, -0.2) is 64.1 Å². The fraction of sp³-hybridized carbons (Fsp3) is 0.364. The maximum absolute atomic E-state index is 11.3. The fourth-order valence-electron chi connectivity index (χ4n) is 3.40. The molecule has 8 nitrogen and oxygen atoms in total. The third-order valence-electron chi connectivity index (χ3n) is 5.07. The predicted molar refractivity (Wildman–Crippen MR) is 123 cm³/mol. The molecule has 3 aromatic rings. The van der Waals surface area contributed by atoms with Crippen molar-refractivity contribution in [1.29, 1.82) is 0 Å². The van der Waals surface area contributed by atoms with E-state index in [1.165, 1.54) is 11.8 Å². The molecule has 3 heterocycles.